The van der Waals surface area contributed by atoms with Crippen LogP contribution in [0.15, 0.2) is 12.4 Å². The van der Waals surface area contributed by atoms with Gasteiger partial charge >= 0.3 is 0 Å². The van der Waals surface area contributed by atoms with Crippen LogP contribution in [-0.2, 0) is 17.8 Å². The van der Waals surface area contributed by atoms with E-state index < -0.39 is 0 Å². The van der Waals surface area contributed by atoms with Crippen molar-refractivity contribution < 1.29 is 9.90 Å². The highest BCUT2D eigenvalue weighted by Gasteiger charge is 2.19. The Labute approximate surface area is 108 Å². The summed E-state index contributed by atoms with van der Waals surface area (Å²) in [6.45, 7) is 3.05. The molecule has 1 heterocycles. The number of aliphatic hydroxyl groups excluding tert-OH is 1. The molecule has 1 aliphatic rings. The fourth-order valence-electron chi connectivity index (χ4n) is 2.44. The molecule has 1 amide bonds. The average molecular weight is 250 g/mol. The molecule has 0 saturated carbocycles. The van der Waals surface area contributed by atoms with Gasteiger partial charge in [-0.15, -0.1) is 0 Å². The highest BCUT2D eigenvalue weighted by atomic mass is 16.3. The Hall–Kier alpha value is -1.29. The lowest BCUT2D eigenvalue weighted by molar-refractivity contribution is -0.130. The highest BCUT2D eigenvalue weighted by Crippen LogP contribution is 2.29. The van der Waals surface area contributed by atoms with Gasteiger partial charge < -0.3 is 14.6 Å². The van der Waals surface area contributed by atoms with Crippen molar-refractivity contribution in [2.24, 2.45) is 0 Å². The van der Waals surface area contributed by atoms with Gasteiger partial charge in [-0.25, -0.2) is 0 Å². The van der Waals surface area contributed by atoms with Gasteiger partial charge in [0.15, 0.2) is 0 Å². The average Bonchev–Trinajstić information content (AvgIpc) is 2.68. The molecule has 18 heavy (non-hydrogen) atoms. The van der Waals surface area contributed by atoms with E-state index in [9.17, 15) is 9.90 Å². The lowest BCUT2D eigenvalue weighted by atomic mass is 10.1. The summed E-state index contributed by atoms with van der Waals surface area (Å²) in [6.07, 6.45) is 7.64. The summed E-state index contributed by atoms with van der Waals surface area (Å²) in [5, 5.41) is 10.0. The van der Waals surface area contributed by atoms with E-state index >= 15 is 0 Å². The number of aromatic nitrogens is 1. The molecule has 0 saturated heterocycles. The number of carbonyl (C=O) groups excluding carboxylic acids is 1. The minimum Gasteiger partial charge on any atom is -0.388 e. The van der Waals surface area contributed by atoms with Crippen LogP contribution < -0.4 is 0 Å². The molecule has 0 spiro atoms. The highest BCUT2D eigenvalue weighted by molar-refractivity contribution is 5.75. The number of aryl methyl sites for hydroxylation is 1. The minimum atomic E-state index is -0.359. The normalized spacial score (nSPS) is 19.2. The number of rotatable bonds is 3. The van der Waals surface area contributed by atoms with Crippen LogP contribution in [0.2, 0.25) is 0 Å². The number of amides is 1. The zero-order valence-corrected chi connectivity index (χ0v) is 11.2. The van der Waals surface area contributed by atoms with E-state index in [1.54, 1.807) is 4.90 Å². The molecule has 0 fully saturated rings. The maximum Gasteiger partial charge on any atom is 0.242 e. The Kier molecular flexibility index (Phi) is 4.07. The van der Waals surface area contributed by atoms with E-state index in [4.69, 9.17) is 0 Å². The van der Waals surface area contributed by atoms with Crippen molar-refractivity contribution in [2.45, 2.75) is 45.3 Å². The fraction of sp³-hybridized carbons (Fsp3) is 0.643. The molecule has 2 rings (SSSR count). The summed E-state index contributed by atoms with van der Waals surface area (Å²) in [6, 6.07) is 0. The number of aliphatic hydroxyl groups is 1. The van der Waals surface area contributed by atoms with Gasteiger partial charge in [-0.1, -0.05) is 6.42 Å². The molecule has 100 valence electrons. The van der Waals surface area contributed by atoms with E-state index in [0.717, 1.165) is 37.8 Å². The fourth-order valence-corrected chi connectivity index (χ4v) is 2.44. The molecule has 1 N–H and O–H groups in total. The molecule has 0 aromatic carbocycles. The summed E-state index contributed by atoms with van der Waals surface area (Å²) in [7, 11) is 1.81. The topological polar surface area (TPSA) is 45.5 Å². The lowest BCUT2D eigenvalue weighted by Gasteiger charge is -2.14. The van der Waals surface area contributed by atoms with Gasteiger partial charge in [-0.3, -0.25) is 4.79 Å². The molecular weight excluding hydrogens is 228 g/mol. The predicted octanol–water partition coefficient (Wildman–Crippen LogP) is 1.73. The number of hydrogen-bond donors (Lipinski definition) is 1. The molecule has 0 radical (unpaired) electrons. The molecular formula is C14H22N2O2. The van der Waals surface area contributed by atoms with Gasteiger partial charge in [0.2, 0.25) is 5.91 Å². The first kappa shape index (κ1) is 13.1. The summed E-state index contributed by atoms with van der Waals surface area (Å²) >= 11 is 0. The lowest BCUT2D eigenvalue weighted by Crippen LogP contribution is -2.29. The van der Waals surface area contributed by atoms with Gasteiger partial charge in [0.25, 0.3) is 0 Å². The van der Waals surface area contributed by atoms with Crippen LogP contribution in [0.5, 0.6) is 0 Å². The van der Waals surface area contributed by atoms with Crippen LogP contribution in [0.1, 0.15) is 43.4 Å². The quantitative estimate of drug-likeness (QED) is 0.830. The van der Waals surface area contributed by atoms with E-state index in [0.29, 0.717) is 6.54 Å². The second kappa shape index (κ2) is 5.57. The van der Waals surface area contributed by atoms with Crippen molar-refractivity contribution in [3.63, 3.8) is 0 Å². The number of fused-ring (bicyclic) bond motifs is 1. The molecule has 1 unspecified atom stereocenters. The first-order valence-corrected chi connectivity index (χ1v) is 6.72. The van der Waals surface area contributed by atoms with Crippen LogP contribution in [0, 0.1) is 0 Å². The van der Waals surface area contributed by atoms with Crippen LogP contribution in [0.3, 0.4) is 0 Å². The smallest absolute Gasteiger partial charge is 0.242 e. The maximum absolute atomic E-state index is 11.8. The molecule has 0 bridgehead atoms. The molecule has 1 atom stereocenters. The van der Waals surface area contributed by atoms with Crippen molar-refractivity contribution in [2.75, 3.05) is 13.6 Å². The van der Waals surface area contributed by atoms with Crippen molar-refractivity contribution in [3.8, 4) is 0 Å². The predicted molar refractivity (Wildman–Crippen MR) is 70.3 cm³/mol. The van der Waals surface area contributed by atoms with E-state index in [-0.39, 0.29) is 12.0 Å². The van der Waals surface area contributed by atoms with E-state index in [2.05, 4.69) is 0 Å². The molecule has 4 heteroatoms. The minimum absolute atomic E-state index is 0.108. The third-order valence-electron chi connectivity index (χ3n) is 3.75. The first-order valence-electron chi connectivity index (χ1n) is 6.72. The standard InChI is InChI=1S/C14H22N2O2/c1-3-15(2)14(18)10-16-8-11-6-4-5-7-13(17)12(11)9-16/h8-9,13,17H,3-7,10H2,1-2H3. The van der Waals surface area contributed by atoms with E-state index in [1.165, 1.54) is 5.56 Å². The molecule has 4 nitrogen and oxygen atoms in total. The molecule has 1 aromatic rings. The van der Waals surface area contributed by atoms with E-state index in [1.807, 2.05) is 30.9 Å². The number of hydrogen-bond acceptors (Lipinski definition) is 2. The molecule has 1 aliphatic carbocycles. The number of likely N-dealkylation sites (N-methyl/N-ethyl adjacent to an activating group) is 1. The van der Waals surface area contributed by atoms with Crippen LogP contribution >= 0.6 is 0 Å². The van der Waals surface area contributed by atoms with Crippen LogP contribution in [0.4, 0.5) is 0 Å². The summed E-state index contributed by atoms with van der Waals surface area (Å²) in [5.74, 6) is 0.108. The van der Waals surface area contributed by atoms with Crippen LogP contribution in [-0.4, -0.2) is 34.1 Å². The number of carbonyl (C=O) groups is 1. The summed E-state index contributed by atoms with van der Waals surface area (Å²) in [5.41, 5.74) is 2.21. The zero-order valence-electron chi connectivity index (χ0n) is 11.2. The van der Waals surface area contributed by atoms with Crippen molar-refractivity contribution in [1.82, 2.24) is 9.47 Å². The third kappa shape index (κ3) is 2.75. The maximum atomic E-state index is 11.8. The largest absolute Gasteiger partial charge is 0.388 e. The van der Waals surface area contributed by atoms with Crippen molar-refractivity contribution in [1.29, 1.82) is 0 Å². The Balaban J connectivity index is 2.12. The monoisotopic (exact) mass is 250 g/mol. The Morgan fingerprint density at radius 1 is 1.50 bits per heavy atom. The number of nitrogens with zero attached hydrogens (tertiary/aromatic N) is 2. The summed E-state index contributed by atoms with van der Waals surface area (Å²) in [4.78, 5) is 13.6. The third-order valence-corrected chi connectivity index (χ3v) is 3.75. The van der Waals surface area contributed by atoms with Gasteiger partial charge in [-0.05, 0) is 31.7 Å². The summed E-state index contributed by atoms with van der Waals surface area (Å²) < 4.78 is 1.91. The Morgan fingerprint density at radius 2 is 2.28 bits per heavy atom. The van der Waals surface area contributed by atoms with Gasteiger partial charge in [0, 0.05) is 31.5 Å². The van der Waals surface area contributed by atoms with Gasteiger partial charge in [-0.2, -0.15) is 0 Å². The Bertz CT molecular complexity index is 425. The van der Waals surface area contributed by atoms with Gasteiger partial charge in [0.05, 0.1) is 6.10 Å². The van der Waals surface area contributed by atoms with Crippen molar-refractivity contribution in [3.05, 3.63) is 23.5 Å². The SMILES string of the molecule is CCN(C)C(=O)Cn1cc2c(c1)C(O)CCCC2. The van der Waals surface area contributed by atoms with Gasteiger partial charge in [0.1, 0.15) is 6.54 Å². The molecule has 0 aliphatic heterocycles. The second-order valence-electron chi connectivity index (χ2n) is 5.08. The Morgan fingerprint density at radius 3 is 3.00 bits per heavy atom. The first-order chi connectivity index (χ1) is 8.61. The van der Waals surface area contributed by atoms with Crippen molar-refractivity contribution >= 4 is 5.91 Å². The van der Waals surface area contributed by atoms with Crippen LogP contribution in [0.25, 0.3) is 0 Å². The second-order valence-corrected chi connectivity index (χ2v) is 5.08. The zero-order chi connectivity index (χ0) is 13.1. The molecule has 1 aromatic heterocycles.